The number of rotatable bonds is 6. The fourth-order valence-electron chi connectivity index (χ4n) is 2.12. The van der Waals surface area contributed by atoms with E-state index in [1.165, 1.54) is 6.07 Å². The second kappa shape index (κ2) is 6.15. The van der Waals surface area contributed by atoms with Crippen molar-refractivity contribution >= 4 is 26.9 Å². The van der Waals surface area contributed by atoms with Crippen LogP contribution in [0.4, 0.5) is 0 Å². The summed E-state index contributed by atoms with van der Waals surface area (Å²) in [7, 11) is -4.43. The maximum absolute atomic E-state index is 11.6. The van der Waals surface area contributed by atoms with Crippen LogP contribution >= 0.6 is 0 Å². The fraction of sp³-hybridized carbons (Fsp3) is 0.267. The Morgan fingerprint density at radius 1 is 1.17 bits per heavy atom. The van der Waals surface area contributed by atoms with Gasteiger partial charge in [-0.15, -0.1) is 0 Å². The second-order valence-corrected chi connectivity index (χ2v) is 6.53. The van der Waals surface area contributed by atoms with E-state index in [1.54, 1.807) is 30.3 Å². The van der Waals surface area contributed by atoms with Crippen LogP contribution in [-0.2, 0) is 19.6 Å². The van der Waals surface area contributed by atoms with E-state index in [9.17, 15) is 13.2 Å². The van der Waals surface area contributed by atoms with Gasteiger partial charge in [-0.05, 0) is 12.1 Å². The highest BCUT2D eigenvalue weighted by Crippen LogP contribution is 2.32. The predicted octanol–water partition coefficient (Wildman–Crippen LogP) is 1.41. The van der Waals surface area contributed by atoms with E-state index >= 15 is 0 Å². The number of fused-ring (bicyclic) bond motifs is 1. The SMILES string of the molecule is O=C(CS(=O)(=O)O)Oc1cccc2c(OCC3CO3)cccc12. The van der Waals surface area contributed by atoms with Gasteiger partial charge in [0.05, 0.1) is 6.61 Å². The second-order valence-electron chi connectivity index (χ2n) is 5.07. The Bertz CT molecular complexity index is 840. The summed E-state index contributed by atoms with van der Waals surface area (Å²) in [6.07, 6.45) is 0.112. The average molecular weight is 338 g/mol. The van der Waals surface area contributed by atoms with Crippen molar-refractivity contribution in [2.75, 3.05) is 19.0 Å². The van der Waals surface area contributed by atoms with Crippen LogP contribution in [0, 0.1) is 0 Å². The molecule has 1 atom stereocenters. The minimum absolute atomic E-state index is 0.112. The first-order valence-corrected chi connectivity index (χ1v) is 8.45. The zero-order valence-electron chi connectivity index (χ0n) is 12.0. The Hall–Kier alpha value is -2.16. The van der Waals surface area contributed by atoms with Gasteiger partial charge < -0.3 is 14.2 Å². The van der Waals surface area contributed by atoms with Gasteiger partial charge in [0.15, 0.2) is 5.75 Å². The first-order chi connectivity index (χ1) is 10.9. The number of carbonyl (C=O) groups is 1. The standard InChI is InChI=1S/C15H14O7S/c16-15(9-23(17,18)19)22-14-6-2-3-11-12(14)4-1-5-13(11)21-8-10-7-20-10/h1-6,10H,7-9H2,(H,17,18,19). The molecular formula is C15H14O7S. The topological polar surface area (TPSA) is 102 Å². The van der Waals surface area contributed by atoms with E-state index in [0.717, 1.165) is 5.39 Å². The molecule has 0 spiro atoms. The molecule has 1 saturated heterocycles. The molecular weight excluding hydrogens is 324 g/mol. The summed E-state index contributed by atoms with van der Waals surface area (Å²) in [5.74, 6) is -1.34. The van der Waals surface area contributed by atoms with Crippen LogP contribution in [0.1, 0.15) is 0 Å². The van der Waals surface area contributed by atoms with Crippen molar-refractivity contribution in [2.24, 2.45) is 0 Å². The van der Waals surface area contributed by atoms with Crippen molar-refractivity contribution < 1.29 is 32.0 Å². The van der Waals surface area contributed by atoms with E-state index in [1.807, 2.05) is 0 Å². The van der Waals surface area contributed by atoms with Crippen molar-refractivity contribution in [3.8, 4) is 11.5 Å². The lowest BCUT2D eigenvalue weighted by molar-refractivity contribution is -0.131. The molecule has 1 heterocycles. The molecule has 2 aromatic carbocycles. The highest BCUT2D eigenvalue weighted by atomic mass is 32.2. The fourth-order valence-corrected chi connectivity index (χ4v) is 2.47. The molecule has 0 aliphatic carbocycles. The van der Waals surface area contributed by atoms with Crippen molar-refractivity contribution in [1.82, 2.24) is 0 Å². The molecule has 1 aliphatic heterocycles. The third kappa shape index (κ3) is 4.19. The summed E-state index contributed by atoms with van der Waals surface area (Å²) in [5, 5.41) is 1.33. The van der Waals surface area contributed by atoms with E-state index in [-0.39, 0.29) is 11.9 Å². The molecule has 8 heteroatoms. The summed E-state index contributed by atoms with van der Waals surface area (Å²) in [4.78, 5) is 11.6. The molecule has 1 aliphatic rings. The number of epoxide rings is 1. The van der Waals surface area contributed by atoms with Crippen molar-refractivity contribution in [2.45, 2.75) is 6.10 Å². The number of carbonyl (C=O) groups excluding carboxylic acids is 1. The molecule has 2 aromatic rings. The minimum Gasteiger partial charge on any atom is -0.490 e. The van der Waals surface area contributed by atoms with Gasteiger partial charge in [-0.2, -0.15) is 8.42 Å². The van der Waals surface area contributed by atoms with E-state index in [0.29, 0.717) is 24.3 Å². The van der Waals surface area contributed by atoms with Crippen LogP contribution in [0.25, 0.3) is 10.8 Å². The van der Waals surface area contributed by atoms with E-state index in [2.05, 4.69) is 0 Å². The lowest BCUT2D eigenvalue weighted by atomic mass is 10.1. The smallest absolute Gasteiger partial charge is 0.329 e. The largest absolute Gasteiger partial charge is 0.490 e. The van der Waals surface area contributed by atoms with Crippen molar-refractivity contribution in [3.63, 3.8) is 0 Å². The molecule has 1 fully saturated rings. The Morgan fingerprint density at radius 2 is 1.78 bits per heavy atom. The van der Waals surface area contributed by atoms with Gasteiger partial charge in [-0.3, -0.25) is 9.35 Å². The zero-order chi connectivity index (χ0) is 16.4. The van der Waals surface area contributed by atoms with Gasteiger partial charge in [0.1, 0.15) is 24.2 Å². The lowest BCUT2D eigenvalue weighted by Crippen LogP contribution is -2.20. The van der Waals surface area contributed by atoms with Gasteiger partial charge in [-0.25, -0.2) is 0 Å². The quantitative estimate of drug-likeness (QED) is 0.368. The summed E-state index contributed by atoms with van der Waals surface area (Å²) >= 11 is 0. The Balaban J connectivity index is 1.85. The number of hydrogen-bond acceptors (Lipinski definition) is 6. The van der Waals surface area contributed by atoms with Crippen LogP contribution in [0.5, 0.6) is 11.5 Å². The normalized spacial score (nSPS) is 17.0. The van der Waals surface area contributed by atoms with Crippen molar-refractivity contribution in [1.29, 1.82) is 0 Å². The molecule has 7 nitrogen and oxygen atoms in total. The molecule has 0 saturated carbocycles. The van der Waals surface area contributed by atoms with E-state index in [4.69, 9.17) is 18.8 Å². The molecule has 1 N–H and O–H groups in total. The zero-order valence-corrected chi connectivity index (χ0v) is 12.8. The number of benzene rings is 2. The third-order valence-electron chi connectivity index (χ3n) is 3.19. The van der Waals surface area contributed by atoms with Gasteiger partial charge in [0, 0.05) is 10.8 Å². The molecule has 0 aromatic heterocycles. The lowest BCUT2D eigenvalue weighted by Gasteiger charge is -2.11. The molecule has 1 unspecified atom stereocenters. The predicted molar refractivity (Wildman–Crippen MR) is 81.2 cm³/mol. The number of hydrogen-bond donors (Lipinski definition) is 1. The highest BCUT2D eigenvalue weighted by molar-refractivity contribution is 7.86. The Kier molecular flexibility index (Phi) is 4.20. The molecule has 0 bridgehead atoms. The van der Waals surface area contributed by atoms with Crippen molar-refractivity contribution in [3.05, 3.63) is 36.4 Å². The van der Waals surface area contributed by atoms with Crippen LogP contribution in [0.3, 0.4) is 0 Å². The summed E-state index contributed by atoms with van der Waals surface area (Å²) < 4.78 is 46.0. The molecule has 122 valence electrons. The average Bonchev–Trinajstić information content (AvgIpc) is 3.27. The highest BCUT2D eigenvalue weighted by Gasteiger charge is 2.23. The monoisotopic (exact) mass is 338 g/mol. The minimum atomic E-state index is -4.43. The first kappa shape index (κ1) is 15.7. The van der Waals surface area contributed by atoms with Crippen LogP contribution < -0.4 is 9.47 Å². The van der Waals surface area contributed by atoms with Gasteiger partial charge >= 0.3 is 5.97 Å². The molecule has 0 radical (unpaired) electrons. The number of ether oxygens (including phenoxy) is 3. The Morgan fingerprint density at radius 3 is 2.39 bits per heavy atom. The molecule has 3 rings (SSSR count). The summed E-state index contributed by atoms with van der Waals surface area (Å²) in [5.41, 5.74) is 0. The van der Waals surface area contributed by atoms with Crippen LogP contribution in [0.2, 0.25) is 0 Å². The molecule has 0 amide bonds. The van der Waals surface area contributed by atoms with Crippen LogP contribution in [0.15, 0.2) is 36.4 Å². The van der Waals surface area contributed by atoms with Crippen LogP contribution in [-0.4, -0.2) is 44.0 Å². The van der Waals surface area contributed by atoms with Gasteiger partial charge in [-0.1, -0.05) is 24.3 Å². The van der Waals surface area contributed by atoms with Gasteiger partial charge in [0.25, 0.3) is 10.1 Å². The maximum atomic E-state index is 11.6. The van der Waals surface area contributed by atoms with Gasteiger partial charge in [0.2, 0.25) is 0 Å². The summed E-state index contributed by atoms with van der Waals surface area (Å²) in [6, 6.07) is 10.3. The first-order valence-electron chi connectivity index (χ1n) is 6.84. The van der Waals surface area contributed by atoms with E-state index < -0.39 is 21.8 Å². The number of esters is 1. The Labute approximate surface area is 132 Å². The third-order valence-corrected chi connectivity index (χ3v) is 3.79. The summed E-state index contributed by atoms with van der Waals surface area (Å²) in [6.45, 7) is 1.12. The molecule has 23 heavy (non-hydrogen) atoms. The maximum Gasteiger partial charge on any atom is 0.329 e.